The fourth-order valence-corrected chi connectivity index (χ4v) is 15.1. The summed E-state index contributed by atoms with van der Waals surface area (Å²) in [6, 6.07) is 23.7. The Morgan fingerprint density at radius 2 is 1.39 bits per heavy atom. The number of amides is 5. The molecule has 33 heteroatoms. The van der Waals surface area contributed by atoms with Gasteiger partial charge in [-0.05, 0) is 152 Å². The van der Waals surface area contributed by atoms with Crippen LogP contribution in [0.5, 0.6) is 0 Å². The summed E-state index contributed by atoms with van der Waals surface area (Å²) in [5.74, 6) is -7.21. The number of likely N-dealkylation sites (tertiary alicyclic amines) is 1. The number of rotatable bonds is 18. The van der Waals surface area contributed by atoms with Gasteiger partial charge in [-0.1, -0.05) is 147 Å². The van der Waals surface area contributed by atoms with Crippen molar-refractivity contribution in [2.45, 2.75) is 168 Å². The molecule has 4 unspecified atom stereocenters. The standard InChI is InChI=1S/C36H47Cl3N4O7.C34H44N4O6.C16H12N2O7/c1-21(2)30(31(45)40-22(3)32(46)43-15-6-7-26(18-43)33(47)50-20-36(37,38)39)42-34(48)35(5,27-13-16-49-19-27)14-12-24-8-9-25-10-11-28(23(4)44)41-29(25)17-24;1-20(2)26-18-30(39)34(5,25-13-16-43-19-25)14-12-23-8-9-24-10-11-27(36-29(24)17-23)22(4)44-33(42)28-7-6-15-38(37-28)32(41)21(3)35-31(26)40;1-9-5-3-7-11(17(21)22)13(9)15(19)25-16(20)14-10(2)6-4-8-12(14)18(23)24/h8-12,14,17,21-23,26-27,30,44H,6-7,13,15-16,18-20H2,1-5H3,(H,40,45)(H,42,48);8-12,14,17,20-22,25-26,28,37H,6-7,13,15-16,18-19H2,1-5H3,(H,35,40);3-8H,1-2H3/b2*14-12+;/t22-,23+,26+,27?,30-,35?;21-,22+,25?,26-,28-,34?;/m00./s1. The number of allylic oxidation sites excluding steroid dienone is 1. The van der Waals surface area contributed by atoms with Crippen molar-refractivity contribution in [3.05, 3.63) is 174 Å². The van der Waals surface area contributed by atoms with E-state index in [1.807, 2.05) is 120 Å². The molecular formula is C86H103Cl3N10O20. The number of pyridine rings is 2. The van der Waals surface area contributed by atoms with Gasteiger partial charge in [-0.25, -0.2) is 20.0 Å². The summed E-state index contributed by atoms with van der Waals surface area (Å²) in [4.78, 5) is 164. The van der Waals surface area contributed by atoms with Crippen molar-refractivity contribution in [1.82, 2.24) is 41.3 Å². The Balaban J connectivity index is 0.000000214. The molecule has 0 radical (unpaired) electrons. The SMILES string of the molecule is CC(C)[C@@H]1CC(=O)C(C)(C2CCOC2)/C=C/c2ccc3ccc(nc3c2)[C@@H](C)OC(=O)[C@@H]2CCCN(N2)C(=O)[C@H](C)NC1=O.CC(C)[C@H](NC(=O)C(C)(/C=C/c1ccc2ccc([C@@H](C)O)nc2c1)C1CCOC1)C(=O)N[C@@H](C)C(=O)N1CCC[C@@H](C(=O)OCC(Cl)(Cl)Cl)C1.Cc1cccc([N+](=O)[O-])c1C(=O)OC(=O)c1c(C)cccc1[N+](=O)[O-]. The molecule has 119 heavy (non-hydrogen) atoms. The molecule has 4 fully saturated rings. The highest BCUT2D eigenvalue weighted by molar-refractivity contribution is 6.67. The Kier molecular flexibility index (Phi) is 31.7. The number of cyclic esters (lactones) is 1. The van der Waals surface area contributed by atoms with Crippen LogP contribution in [0.1, 0.15) is 181 Å². The molecule has 5 amide bonds. The minimum atomic E-state index is -1.74. The number of nitrogens with one attached hydrogen (secondary N) is 4. The molecule has 11 rings (SSSR count). The molecule has 0 aliphatic carbocycles. The number of nitrogens with zero attached hydrogens (tertiary/aromatic N) is 6. The van der Waals surface area contributed by atoms with Crippen LogP contribution in [0, 0.1) is 80.4 Å². The van der Waals surface area contributed by atoms with E-state index in [1.165, 1.54) is 48.0 Å². The van der Waals surface area contributed by atoms with Crippen LogP contribution in [0.2, 0.25) is 0 Å². The van der Waals surface area contributed by atoms with Crippen LogP contribution in [0.25, 0.3) is 34.0 Å². The van der Waals surface area contributed by atoms with E-state index < -0.39 is 120 Å². The second-order valence-corrected chi connectivity index (χ2v) is 34.4. The highest BCUT2D eigenvalue weighted by Gasteiger charge is 2.46. The van der Waals surface area contributed by atoms with Gasteiger partial charge in [-0.2, -0.15) is 0 Å². The summed E-state index contributed by atoms with van der Waals surface area (Å²) in [5.41, 5.74) is 4.18. The average molecular weight is 1700 g/mol. The summed E-state index contributed by atoms with van der Waals surface area (Å²) < 4.78 is 25.2. The number of hydrazine groups is 1. The summed E-state index contributed by atoms with van der Waals surface area (Å²) in [6.45, 7) is 23.3. The number of alkyl halides is 3. The average Bonchev–Trinajstić information content (AvgIpc) is 1.79. The largest absolute Gasteiger partial charge is 0.461 e. The molecule has 5 bridgehead atoms. The normalized spacial score (nSPS) is 22.9. The number of carbonyl (C=O) groups is 10. The van der Waals surface area contributed by atoms with Gasteiger partial charge in [0.25, 0.3) is 17.3 Å². The molecular weight excluding hydrogens is 1600 g/mol. The first kappa shape index (κ1) is 92.7. The molecule has 4 saturated heterocycles. The third-order valence-corrected chi connectivity index (χ3v) is 22.7. The Morgan fingerprint density at radius 1 is 0.773 bits per heavy atom. The number of aliphatic hydroxyl groups excluding tert-OH is 1. The van der Waals surface area contributed by atoms with Crippen LogP contribution >= 0.6 is 34.8 Å². The molecule has 6 aromatic rings. The lowest BCUT2D eigenvalue weighted by atomic mass is 9.69. The van der Waals surface area contributed by atoms with Crippen molar-refractivity contribution in [3.8, 4) is 0 Å². The number of fused-ring (bicyclic) bond motifs is 5. The fourth-order valence-electron chi connectivity index (χ4n) is 14.9. The third kappa shape index (κ3) is 23.7. The first-order chi connectivity index (χ1) is 56.2. The van der Waals surface area contributed by atoms with Gasteiger partial charge in [0.2, 0.25) is 27.4 Å². The molecule has 5 aliphatic heterocycles. The molecule has 0 saturated carbocycles. The van der Waals surface area contributed by atoms with E-state index in [1.54, 1.807) is 33.8 Å². The number of benzene rings is 4. The van der Waals surface area contributed by atoms with E-state index in [4.69, 9.17) is 58.7 Å². The number of hydrogen-bond donors (Lipinski definition) is 5. The summed E-state index contributed by atoms with van der Waals surface area (Å²) in [6.07, 6.45) is 9.98. The quantitative estimate of drug-likeness (QED) is 0.0133. The minimum Gasteiger partial charge on any atom is -0.461 e. The molecule has 7 heterocycles. The predicted octanol–water partition coefficient (Wildman–Crippen LogP) is 12.4. The minimum absolute atomic E-state index is 0.0249. The van der Waals surface area contributed by atoms with Gasteiger partial charge in [0.05, 0.1) is 62.9 Å². The van der Waals surface area contributed by atoms with Crippen LogP contribution in [0.15, 0.2) is 109 Å². The number of ether oxygens (including phenoxy) is 5. The van der Waals surface area contributed by atoms with Crippen molar-refractivity contribution in [3.63, 3.8) is 0 Å². The zero-order valence-corrected chi connectivity index (χ0v) is 70.9. The van der Waals surface area contributed by atoms with Crippen LogP contribution in [0.4, 0.5) is 11.4 Å². The van der Waals surface area contributed by atoms with E-state index >= 15 is 0 Å². The maximum absolute atomic E-state index is 14.1. The lowest BCUT2D eigenvalue weighted by molar-refractivity contribution is -0.385. The first-order valence-electron chi connectivity index (χ1n) is 39.7. The second-order valence-electron chi connectivity index (χ2n) is 31.9. The van der Waals surface area contributed by atoms with Gasteiger partial charge in [0.1, 0.15) is 53.8 Å². The number of aliphatic hydroxyl groups is 1. The van der Waals surface area contributed by atoms with Gasteiger partial charge in [-0.15, -0.1) is 0 Å². The monoisotopic (exact) mass is 1700 g/mol. The lowest BCUT2D eigenvalue weighted by Gasteiger charge is -2.35. The highest BCUT2D eigenvalue weighted by atomic mass is 35.6. The van der Waals surface area contributed by atoms with Crippen LogP contribution in [0.3, 0.4) is 0 Å². The van der Waals surface area contributed by atoms with Crippen LogP contribution in [-0.2, 0) is 62.0 Å². The zero-order valence-electron chi connectivity index (χ0n) is 68.6. The van der Waals surface area contributed by atoms with Crippen molar-refractivity contribution < 1.29 is 86.6 Å². The summed E-state index contributed by atoms with van der Waals surface area (Å²) in [5, 5.41) is 44.0. The maximum Gasteiger partial charge on any atom is 0.353 e. The number of esters is 4. The molecule has 0 spiro atoms. The number of piperidine rings is 1. The van der Waals surface area contributed by atoms with Gasteiger partial charge in [0.15, 0.2) is 0 Å². The number of hydrogen-bond acceptors (Lipinski definition) is 23. The van der Waals surface area contributed by atoms with Crippen LogP contribution in [-0.4, -0.2) is 175 Å². The molecule has 5 N–H and O–H groups in total. The number of ketones is 1. The van der Waals surface area contributed by atoms with Gasteiger partial charge in [0, 0.05) is 85.3 Å². The topological polar surface area (TPSA) is 404 Å². The Morgan fingerprint density at radius 3 is 1.98 bits per heavy atom. The van der Waals surface area contributed by atoms with Crippen molar-refractivity contribution >= 4 is 139 Å². The smallest absolute Gasteiger partial charge is 0.353 e. The number of carbonyl (C=O) groups excluding carboxylic acids is 10. The van der Waals surface area contributed by atoms with Crippen molar-refractivity contribution in [2.75, 3.05) is 52.7 Å². The van der Waals surface area contributed by atoms with E-state index in [9.17, 15) is 73.3 Å². The van der Waals surface area contributed by atoms with E-state index in [0.29, 0.717) is 83.0 Å². The Bertz CT molecular complexity index is 4790. The number of nitro groups is 2. The molecule has 12 atom stereocenters. The molecule has 2 aromatic heterocycles. The molecule has 5 aliphatic rings. The zero-order chi connectivity index (χ0) is 87.1. The fraction of sp³-hybridized carbons (Fsp3) is 0.488. The maximum atomic E-state index is 14.1. The van der Waals surface area contributed by atoms with Gasteiger partial charge in [-0.3, -0.25) is 68.6 Å². The van der Waals surface area contributed by atoms with Crippen molar-refractivity contribution in [1.29, 1.82) is 0 Å². The third-order valence-electron chi connectivity index (χ3n) is 22.4. The van der Waals surface area contributed by atoms with E-state index in [2.05, 4.69) is 31.1 Å². The lowest BCUT2D eigenvalue weighted by Crippen LogP contribution is -2.59. The number of halogens is 3. The Labute approximate surface area is 704 Å². The molecule has 638 valence electrons. The number of Topliss-reactive ketones (excluding diaryl/α,β-unsaturated/α-hetero) is 1. The van der Waals surface area contributed by atoms with Gasteiger partial charge < -0.3 is 49.6 Å². The van der Waals surface area contributed by atoms with Crippen LogP contribution < -0.4 is 21.4 Å². The van der Waals surface area contributed by atoms with Gasteiger partial charge >= 0.3 is 23.9 Å². The molecule has 4 aromatic carbocycles. The summed E-state index contributed by atoms with van der Waals surface area (Å²) in [7, 11) is 0. The van der Waals surface area contributed by atoms with E-state index in [0.717, 1.165) is 51.5 Å². The number of aryl methyl sites for hydroxylation is 2. The predicted molar refractivity (Wildman–Crippen MR) is 445 cm³/mol. The summed E-state index contributed by atoms with van der Waals surface area (Å²) >= 11 is 17.1. The number of aromatic nitrogens is 2. The molecule has 30 nitrogen and oxygen atoms in total. The number of nitro benzene ring substituents is 2. The Hall–Kier alpha value is -10.2. The second kappa shape index (κ2) is 40.7. The highest BCUT2D eigenvalue weighted by Crippen LogP contribution is 2.41. The van der Waals surface area contributed by atoms with Crippen molar-refractivity contribution in [2.24, 2.45) is 46.3 Å². The van der Waals surface area contributed by atoms with E-state index in [-0.39, 0.29) is 88.3 Å². The first-order valence-corrected chi connectivity index (χ1v) is 40.8.